The molecule has 0 saturated carbocycles. The van der Waals surface area contributed by atoms with Crippen LogP contribution in [-0.2, 0) is 5.75 Å². The first-order valence-corrected chi connectivity index (χ1v) is 2.84. The van der Waals surface area contributed by atoms with Crippen molar-refractivity contribution in [2.24, 2.45) is 0 Å². The van der Waals surface area contributed by atoms with Gasteiger partial charge in [-0.05, 0) is 6.07 Å². The van der Waals surface area contributed by atoms with E-state index in [-0.39, 0.29) is 5.95 Å². The van der Waals surface area contributed by atoms with Gasteiger partial charge in [0.25, 0.3) is 5.95 Å². The van der Waals surface area contributed by atoms with Crippen molar-refractivity contribution in [2.75, 3.05) is 0 Å². The van der Waals surface area contributed by atoms with Crippen molar-refractivity contribution in [1.29, 1.82) is 0 Å². The Kier molecular flexibility index (Phi) is 1.48. The minimum atomic E-state index is -0.0472. The molecule has 0 aliphatic carbocycles. The van der Waals surface area contributed by atoms with Crippen LogP contribution in [0.5, 0.6) is 5.95 Å². The Hall–Kier alpha value is -0.570. The smallest absolute Gasteiger partial charge is 0.281 e. The number of thiol groups is 1. The maximum absolute atomic E-state index is 8.58. The van der Waals surface area contributed by atoms with Crippen molar-refractivity contribution in [3.8, 4) is 5.95 Å². The molecule has 3 heteroatoms. The fraction of sp³-hybridized carbons (Fsp3) is 0.200. The third-order valence-electron chi connectivity index (χ3n) is 0.803. The molecule has 0 amide bonds. The van der Waals surface area contributed by atoms with E-state index in [1.165, 1.54) is 6.07 Å². The summed E-state index contributed by atoms with van der Waals surface area (Å²) in [5, 5.41) is 8.58. The van der Waals surface area contributed by atoms with Crippen LogP contribution < -0.4 is 0 Å². The second-order valence-corrected chi connectivity index (χ2v) is 1.71. The first kappa shape index (κ1) is 5.56. The summed E-state index contributed by atoms with van der Waals surface area (Å²) in [7, 11) is 0. The molecule has 0 radical (unpaired) electrons. The zero-order valence-electron chi connectivity index (χ0n) is 4.16. The van der Waals surface area contributed by atoms with Gasteiger partial charge in [0.15, 0.2) is 0 Å². The molecule has 0 saturated heterocycles. The van der Waals surface area contributed by atoms with Crippen LogP contribution in [-0.4, -0.2) is 5.11 Å². The van der Waals surface area contributed by atoms with Crippen LogP contribution in [0.25, 0.3) is 0 Å². The van der Waals surface area contributed by atoms with Gasteiger partial charge in [0.1, 0.15) is 5.76 Å². The molecule has 0 atom stereocenters. The van der Waals surface area contributed by atoms with Crippen molar-refractivity contribution >= 4 is 12.6 Å². The maximum atomic E-state index is 8.58. The van der Waals surface area contributed by atoms with Gasteiger partial charge >= 0.3 is 0 Å². The molecule has 0 aromatic carbocycles. The normalized spacial score (nSPS) is 9.62. The second kappa shape index (κ2) is 2.13. The molecule has 0 unspecified atom stereocenters. The minimum absolute atomic E-state index is 0.0472. The molecule has 2 nitrogen and oxygen atoms in total. The molecule has 0 aliphatic rings. The number of furan rings is 1. The van der Waals surface area contributed by atoms with Gasteiger partial charge in [0, 0.05) is 11.8 Å². The van der Waals surface area contributed by atoms with E-state index in [1.54, 1.807) is 6.07 Å². The summed E-state index contributed by atoms with van der Waals surface area (Å²) in [5.41, 5.74) is 0. The predicted molar refractivity (Wildman–Crippen MR) is 33.1 cm³/mol. The highest BCUT2D eigenvalue weighted by atomic mass is 32.1. The highest BCUT2D eigenvalue weighted by molar-refractivity contribution is 7.79. The lowest BCUT2D eigenvalue weighted by Crippen LogP contribution is -1.63. The molecule has 0 aliphatic heterocycles. The van der Waals surface area contributed by atoms with Crippen molar-refractivity contribution < 1.29 is 9.52 Å². The summed E-state index contributed by atoms with van der Waals surface area (Å²) in [6.07, 6.45) is 0. The fourth-order valence-corrected chi connectivity index (χ4v) is 0.622. The average Bonchev–Trinajstić information content (AvgIpc) is 2.14. The van der Waals surface area contributed by atoms with Gasteiger partial charge in [0.05, 0.1) is 0 Å². The SMILES string of the molecule is Oc1ccc(CS)o1. The van der Waals surface area contributed by atoms with Crippen molar-refractivity contribution in [3.05, 3.63) is 17.9 Å². The summed E-state index contributed by atoms with van der Waals surface area (Å²) in [6, 6.07) is 3.17. The van der Waals surface area contributed by atoms with Gasteiger partial charge in [0.2, 0.25) is 0 Å². The average molecular weight is 130 g/mol. The van der Waals surface area contributed by atoms with E-state index in [4.69, 9.17) is 9.52 Å². The molecule has 0 spiro atoms. The number of hydrogen-bond donors (Lipinski definition) is 2. The van der Waals surface area contributed by atoms with E-state index >= 15 is 0 Å². The van der Waals surface area contributed by atoms with Crippen LogP contribution in [0.15, 0.2) is 16.5 Å². The van der Waals surface area contributed by atoms with Crippen molar-refractivity contribution in [1.82, 2.24) is 0 Å². The molecular formula is C5H6O2S. The molecule has 44 valence electrons. The van der Waals surface area contributed by atoms with Gasteiger partial charge in [-0.15, -0.1) is 0 Å². The van der Waals surface area contributed by atoms with E-state index in [9.17, 15) is 0 Å². The van der Waals surface area contributed by atoms with Gasteiger partial charge in [-0.25, -0.2) is 0 Å². The molecule has 0 fully saturated rings. The summed E-state index contributed by atoms with van der Waals surface area (Å²) in [5.74, 6) is 1.17. The largest absolute Gasteiger partial charge is 0.481 e. The Morgan fingerprint density at radius 1 is 1.62 bits per heavy atom. The fourth-order valence-electron chi connectivity index (χ4n) is 0.452. The maximum Gasteiger partial charge on any atom is 0.281 e. The van der Waals surface area contributed by atoms with Gasteiger partial charge in [-0.3, -0.25) is 0 Å². The summed E-state index contributed by atoms with van der Waals surface area (Å²) < 4.78 is 4.71. The number of aromatic hydroxyl groups is 1. The first-order chi connectivity index (χ1) is 3.83. The first-order valence-electron chi connectivity index (χ1n) is 2.21. The minimum Gasteiger partial charge on any atom is -0.481 e. The summed E-state index contributed by atoms with van der Waals surface area (Å²) in [4.78, 5) is 0. The third-order valence-corrected chi connectivity index (χ3v) is 1.11. The Balaban J connectivity index is 2.84. The van der Waals surface area contributed by atoms with E-state index in [0.29, 0.717) is 11.5 Å². The Bertz CT molecular complexity index is 171. The van der Waals surface area contributed by atoms with Crippen LogP contribution in [0, 0.1) is 0 Å². The van der Waals surface area contributed by atoms with Gasteiger partial charge < -0.3 is 9.52 Å². The number of hydrogen-bond acceptors (Lipinski definition) is 3. The summed E-state index contributed by atoms with van der Waals surface area (Å²) >= 11 is 3.92. The zero-order valence-corrected chi connectivity index (χ0v) is 5.06. The highest BCUT2D eigenvalue weighted by Gasteiger charge is 1.94. The zero-order chi connectivity index (χ0) is 5.98. The molecule has 1 aromatic rings. The second-order valence-electron chi connectivity index (χ2n) is 1.40. The van der Waals surface area contributed by atoms with Crippen LogP contribution in [0.1, 0.15) is 5.76 Å². The van der Waals surface area contributed by atoms with Crippen molar-refractivity contribution in [3.63, 3.8) is 0 Å². The molecule has 1 N–H and O–H groups in total. The molecular weight excluding hydrogens is 124 g/mol. The topological polar surface area (TPSA) is 33.4 Å². The molecule has 1 rings (SSSR count). The quantitative estimate of drug-likeness (QED) is 0.563. The lowest BCUT2D eigenvalue weighted by Gasteiger charge is -1.81. The predicted octanol–water partition coefficient (Wildman–Crippen LogP) is 1.41. The number of rotatable bonds is 1. The van der Waals surface area contributed by atoms with E-state index < -0.39 is 0 Å². The Labute approximate surface area is 52.5 Å². The van der Waals surface area contributed by atoms with E-state index in [1.807, 2.05) is 0 Å². The van der Waals surface area contributed by atoms with Crippen LogP contribution in [0.2, 0.25) is 0 Å². The Morgan fingerprint density at radius 2 is 2.38 bits per heavy atom. The highest BCUT2D eigenvalue weighted by Crippen LogP contribution is 2.14. The van der Waals surface area contributed by atoms with Crippen LogP contribution in [0.4, 0.5) is 0 Å². The lowest BCUT2D eigenvalue weighted by molar-refractivity contribution is 0.323. The van der Waals surface area contributed by atoms with Gasteiger partial charge in [-0.2, -0.15) is 12.6 Å². The van der Waals surface area contributed by atoms with E-state index in [0.717, 1.165) is 0 Å². The molecule has 1 aromatic heterocycles. The molecule has 8 heavy (non-hydrogen) atoms. The molecule has 0 bridgehead atoms. The summed E-state index contributed by atoms with van der Waals surface area (Å²) in [6.45, 7) is 0. The van der Waals surface area contributed by atoms with Crippen LogP contribution in [0.3, 0.4) is 0 Å². The van der Waals surface area contributed by atoms with Crippen molar-refractivity contribution in [2.45, 2.75) is 5.75 Å². The van der Waals surface area contributed by atoms with Gasteiger partial charge in [-0.1, -0.05) is 0 Å². The van der Waals surface area contributed by atoms with E-state index in [2.05, 4.69) is 12.6 Å². The monoisotopic (exact) mass is 130 g/mol. The molecule has 1 heterocycles. The third kappa shape index (κ3) is 0.980. The lowest BCUT2D eigenvalue weighted by atomic mass is 10.5. The standard InChI is InChI=1S/C5H6O2S/c6-5-2-1-4(3-8)7-5/h1-2,6,8H,3H2. The Morgan fingerprint density at radius 3 is 2.62 bits per heavy atom. The van der Waals surface area contributed by atoms with Crippen LogP contribution >= 0.6 is 12.6 Å².